The van der Waals surface area contributed by atoms with Gasteiger partial charge in [0.15, 0.2) is 0 Å². The first kappa shape index (κ1) is 15.0. The molecule has 0 radical (unpaired) electrons. The van der Waals surface area contributed by atoms with Gasteiger partial charge in [-0.25, -0.2) is 4.68 Å². The minimum Gasteiger partial charge on any atom is -0.363 e. The van der Waals surface area contributed by atoms with Crippen LogP contribution in [0.4, 0.5) is 5.69 Å². The van der Waals surface area contributed by atoms with E-state index in [4.69, 9.17) is 0 Å². The van der Waals surface area contributed by atoms with Crippen LogP contribution in [0, 0.1) is 11.8 Å². The fraction of sp³-hybridized carbons (Fsp3) is 0.733. The van der Waals surface area contributed by atoms with E-state index in [1.165, 1.54) is 4.68 Å². The van der Waals surface area contributed by atoms with Gasteiger partial charge in [0.05, 0.1) is 17.9 Å². The van der Waals surface area contributed by atoms with Gasteiger partial charge in [0.1, 0.15) is 4.47 Å². The van der Waals surface area contributed by atoms with E-state index in [0.29, 0.717) is 16.3 Å². The number of nitrogens with one attached hydrogen (secondary N) is 1. The van der Waals surface area contributed by atoms with Crippen LogP contribution in [0.3, 0.4) is 0 Å². The number of fused-ring (bicyclic) bond motifs is 1. The second-order valence-corrected chi connectivity index (χ2v) is 7.77. The molecule has 3 rings (SSSR count). The van der Waals surface area contributed by atoms with Crippen LogP contribution in [0.1, 0.15) is 33.7 Å². The van der Waals surface area contributed by atoms with Crippen molar-refractivity contribution in [2.24, 2.45) is 11.8 Å². The first-order valence-corrected chi connectivity index (χ1v) is 8.39. The maximum atomic E-state index is 12.5. The average Bonchev–Trinajstić information content (AvgIpc) is 2.95. The van der Waals surface area contributed by atoms with Gasteiger partial charge in [-0.3, -0.25) is 4.79 Å². The Morgan fingerprint density at radius 3 is 2.76 bits per heavy atom. The number of nitrogens with zero attached hydrogens (tertiary/aromatic N) is 3. The molecule has 0 bridgehead atoms. The summed E-state index contributed by atoms with van der Waals surface area (Å²) in [5, 5.41) is 7.84. The van der Waals surface area contributed by atoms with Crippen molar-refractivity contribution >= 4 is 21.6 Å². The van der Waals surface area contributed by atoms with E-state index in [1.54, 1.807) is 0 Å². The topological polar surface area (TPSA) is 50.2 Å². The van der Waals surface area contributed by atoms with E-state index in [9.17, 15) is 4.79 Å². The van der Waals surface area contributed by atoms with Crippen LogP contribution in [-0.4, -0.2) is 35.0 Å². The highest BCUT2D eigenvalue weighted by Gasteiger charge is 2.50. The van der Waals surface area contributed by atoms with E-state index in [1.807, 2.05) is 20.0 Å². The Bertz CT molecular complexity index is 610. The van der Waals surface area contributed by atoms with Gasteiger partial charge < -0.3 is 10.2 Å². The summed E-state index contributed by atoms with van der Waals surface area (Å²) >= 11 is 3.51. The number of anilines is 1. The molecule has 0 aliphatic carbocycles. The minimum absolute atomic E-state index is 0.0365. The molecule has 2 atom stereocenters. The van der Waals surface area contributed by atoms with E-state index in [2.05, 4.69) is 45.1 Å². The third-order valence-corrected chi connectivity index (χ3v) is 5.81. The van der Waals surface area contributed by atoms with E-state index >= 15 is 0 Å². The Balaban J connectivity index is 2.02. The fourth-order valence-electron chi connectivity index (χ4n) is 3.82. The van der Waals surface area contributed by atoms with Crippen LogP contribution in [0.15, 0.2) is 15.5 Å². The molecular weight excluding hydrogens is 332 g/mol. The van der Waals surface area contributed by atoms with E-state index in [0.717, 1.165) is 25.3 Å². The maximum absolute atomic E-state index is 12.5. The predicted molar refractivity (Wildman–Crippen MR) is 87.9 cm³/mol. The molecule has 1 N–H and O–H groups in total. The van der Waals surface area contributed by atoms with Crippen molar-refractivity contribution in [3.63, 3.8) is 0 Å². The summed E-state index contributed by atoms with van der Waals surface area (Å²) in [5.74, 6) is 1.27. The zero-order valence-electron chi connectivity index (χ0n) is 13.1. The van der Waals surface area contributed by atoms with Gasteiger partial charge >= 0.3 is 0 Å². The molecule has 0 amide bonds. The molecule has 21 heavy (non-hydrogen) atoms. The highest BCUT2D eigenvalue weighted by Crippen LogP contribution is 2.44. The van der Waals surface area contributed by atoms with Gasteiger partial charge in [-0.2, -0.15) is 5.10 Å². The first-order chi connectivity index (χ1) is 9.84. The number of halogens is 1. The molecule has 2 aliphatic rings. The van der Waals surface area contributed by atoms with Crippen molar-refractivity contribution in [2.45, 2.75) is 39.3 Å². The molecule has 0 aromatic carbocycles. The van der Waals surface area contributed by atoms with Crippen molar-refractivity contribution in [3.05, 3.63) is 21.0 Å². The molecule has 1 aromatic rings. The molecule has 3 heterocycles. The molecule has 2 aliphatic heterocycles. The quantitative estimate of drug-likeness (QED) is 0.882. The number of hydrogen-bond acceptors (Lipinski definition) is 4. The van der Waals surface area contributed by atoms with Crippen LogP contribution >= 0.6 is 15.9 Å². The largest absolute Gasteiger partial charge is 0.363 e. The highest BCUT2D eigenvalue weighted by molar-refractivity contribution is 9.10. The summed E-state index contributed by atoms with van der Waals surface area (Å²) in [6.45, 7) is 11.6. The standard InChI is InChI=1S/C15H23BrN4O/c1-9(2)20-14(21)13(16)12(7-18-20)19-8-10-5-17-6-11(10)15(19,3)4/h7,9-11,17H,5-6,8H2,1-4H3. The fourth-order valence-corrected chi connectivity index (χ4v) is 4.32. The van der Waals surface area contributed by atoms with Gasteiger partial charge in [-0.05, 0) is 55.5 Å². The third-order valence-electron chi connectivity index (χ3n) is 5.07. The molecule has 6 heteroatoms. The van der Waals surface area contributed by atoms with Crippen molar-refractivity contribution in [1.82, 2.24) is 15.1 Å². The van der Waals surface area contributed by atoms with Crippen LogP contribution < -0.4 is 15.8 Å². The van der Waals surface area contributed by atoms with Crippen LogP contribution in [0.25, 0.3) is 0 Å². The summed E-state index contributed by atoms with van der Waals surface area (Å²) in [4.78, 5) is 14.8. The van der Waals surface area contributed by atoms with E-state index in [-0.39, 0.29) is 17.1 Å². The first-order valence-electron chi connectivity index (χ1n) is 7.59. The molecule has 1 aromatic heterocycles. The predicted octanol–water partition coefficient (Wildman–Crippen LogP) is 2.02. The lowest BCUT2D eigenvalue weighted by atomic mass is 9.85. The van der Waals surface area contributed by atoms with Gasteiger partial charge in [-0.1, -0.05) is 0 Å². The zero-order valence-corrected chi connectivity index (χ0v) is 14.6. The summed E-state index contributed by atoms with van der Waals surface area (Å²) in [7, 11) is 0. The van der Waals surface area contributed by atoms with Crippen molar-refractivity contribution < 1.29 is 0 Å². The van der Waals surface area contributed by atoms with Gasteiger partial charge in [0, 0.05) is 25.2 Å². The Labute approximate surface area is 133 Å². The molecule has 116 valence electrons. The van der Waals surface area contributed by atoms with Crippen molar-refractivity contribution in [2.75, 3.05) is 24.5 Å². The molecule has 0 saturated carbocycles. The molecule has 0 spiro atoms. The SMILES string of the molecule is CC(C)n1ncc(N2CC3CNCC3C2(C)C)c(Br)c1=O. The third kappa shape index (κ3) is 2.23. The minimum atomic E-state index is -0.0477. The van der Waals surface area contributed by atoms with Gasteiger partial charge in [0.25, 0.3) is 5.56 Å². The monoisotopic (exact) mass is 354 g/mol. The Morgan fingerprint density at radius 1 is 1.43 bits per heavy atom. The van der Waals surface area contributed by atoms with Crippen LogP contribution in [0.5, 0.6) is 0 Å². The molecule has 2 fully saturated rings. The molecule has 2 saturated heterocycles. The lowest BCUT2D eigenvalue weighted by molar-refractivity contribution is 0.356. The molecule has 5 nitrogen and oxygen atoms in total. The lowest BCUT2D eigenvalue weighted by Crippen LogP contribution is -2.45. The Kier molecular flexibility index (Phi) is 3.64. The Morgan fingerprint density at radius 2 is 2.14 bits per heavy atom. The summed E-state index contributed by atoms with van der Waals surface area (Å²) in [6.07, 6.45) is 1.84. The van der Waals surface area contributed by atoms with Gasteiger partial charge in [-0.15, -0.1) is 0 Å². The number of aromatic nitrogens is 2. The van der Waals surface area contributed by atoms with Crippen molar-refractivity contribution in [1.29, 1.82) is 0 Å². The van der Waals surface area contributed by atoms with Crippen LogP contribution in [-0.2, 0) is 0 Å². The number of hydrogen-bond donors (Lipinski definition) is 1. The van der Waals surface area contributed by atoms with Crippen LogP contribution in [0.2, 0.25) is 0 Å². The van der Waals surface area contributed by atoms with Crippen molar-refractivity contribution in [3.8, 4) is 0 Å². The highest BCUT2D eigenvalue weighted by atomic mass is 79.9. The summed E-state index contributed by atoms with van der Waals surface area (Å²) < 4.78 is 2.16. The van der Waals surface area contributed by atoms with E-state index < -0.39 is 0 Å². The second kappa shape index (κ2) is 5.09. The molecule has 2 unspecified atom stereocenters. The smallest absolute Gasteiger partial charge is 0.283 e. The second-order valence-electron chi connectivity index (χ2n) is 6.98. The Hall–Kier alpha value is -0.880. The maximum Gasteiger partial charge on any atom is 0.283 e. The summed E-state index contributed by atoms with van der Waals surface area (Å²) in [6, 6.07) is 0.0676. The summed E-state index contributed by atoms with van der Waals surface area (Å²) in [5.41, 5.74) is 0.916. The normalized spacial score (nSPS) is 27.4. The lowest BCUT2D eigenvalue weighted by Gasteiger charge is -2.37. The zero-order chi connectivity index (χ0) is 15.4. The average molecular weight is 355 g/mol. The number of rotatable bonds is 2. The molecular formula is C15H23BrN4O. The van der Waals surface area contributed by atoms with Gasteiger partial charge in [0.2, 0.25) is 0 Å².